The van der Waals surface area contributed by atoms with Gasteiger partial charge in [0.2, 0.25) is 0 Å². The molecule has 0 aliphatic carbocycles. The van der Waals surface area contributed by atoms with Crippen molar-refractivity contribution in [3.63, 3.8) is 0 Å². The SMILES string of the molecule is CC(Cl)c1ccc2c(c1)Sc1ccccc1S2. The second-order valence-corrected chi connectivity index (χ2v) is 6.80. The topological polar surface area (TPSA) is 0 Å². The standard InChI is InChI=1S/C14H11ClS2/c1-9(15)10-6-7-13-14(8-10)17-12-5-3-2-4-11(12)16-13/h2-9H,1H3. The van der Waals surface area contributed by atoms with Crippen molar-refractivity contribution in [2.75, 3.05) is 0 Å². The van der Waals surface area contributed by atoms with E-state index in [-0.39, 0.29) is 5.38 Å². The molecule has 1 aliphatic heterocycles. The van der Waals surface area contributed by atoms with Crippen LogP contribution in [0, 0.1) is 0 Å². The Morgan fingerprint density at radius 1 is 0.882 bits per heavy atom. The van der Waals surface area contributed by atoms with E-state index in [0.29, 0.717) is 0 Å². The number of alkyl halides is 1. The lowest BCUT2D eigenvalue weighted by molar-refractivity contribution is 1.04. The molecule has 1 aliphatic rings. The largest absolute Gasteiger partial charge is 0.118 e. The van der Waals surface area contributed by atoms with E-state index in [0.717, 1.165) is 0 Å². The third kappa shape index (κ3) is 2.22. The maximum Gasteiger partial charge on any atom is 0.0557 e. The Balaban J connectivity index is 2.03. The Morgan fingerprint density at radius 2 is 1.47 bits per heavy atom. The molecule has 1 atom stereocenters. The number of benzene rings is 2. The van der Waals surface area contributed by atoms with Crippen LogP contribution in [-0.4, -0.2) is 0 Å². The van der Waals surface area contributed by atoms with Gasteiger partial charge in [0.05, 0.1) is 5.38 Å². The summed E-state index contributed by atoms with van der Waals surface area (Å²) in [5.74, 6) is 0. The van der Waals surface area contributed by atoms with E-state index in [2.05, 4.69) is 42.5 Å². The van der Waals surface area contributed by atoms with Crippen LogP contribution in [0.3, 0.4) is 0 Å². The summed E-state index contributed by atoms with van der Waals surface area (Å²) in [5.41, 5.74) is 1.19. The lowest BCUT2D eigenvalue weighted by atomic mass is 10.2. The van der Waals surface area contributed by atoms with Crippen LogP contribution in [-0.2, 0) is 0 Å². The summed E-state index contributed by atoms with van der Waals surface area (Å²) in [6.45, 7) is 2.01. The van der Waals surface area contributed by atoms with Crippen LogP contribution in [0.25, 0.3) is 0 Å². The molecule has 0 aromatic heterocycles. The van der Waals surface area contributed by atoms with Crippen molar-refractivity contribution in [1.29, 1.82) is 0 Å². The van der Waals surface area contributed by atoms with Gasteiger partial charge in [-0.05, 0) is 36.8 Å². The van der Waals surface area contributed by atoms with Crippen LogP contribution in [0.5, 0.6) is 0 Å². The summed E-state index contributed by atoms with van der Waals surface area (Å²) in [5, 5.41) is 0.0723. The summed E-state index contributed by atoms with van der Waals surface area (Å²) < 4.78 is 0. The van der Waals surface area contributed by atoms with Gasteiger partial charge in [0, 0.05) is 19.6 Å². The zero-order valence-electron chi connectivity index (χ0n) is 9.31. The Labute approximate surface area is 115 Å². The number of fused-ring (bicyclic) bond motifs is 2. The average Bonchev–Trinajstić information content (AvgIpc) is 2.35. The van der Waals surface area contributed by atoms with Gasteiger partial charge in [-0.2, -0.15) is 0 Å². The summed E-state index contributed by atoms with van der Waals surface area (Å²) in [6, 6.07) is 15.0. The lowest BCUT2D eigenvalue weighted by Crippen LogP contribution is -1.92. The first-order chi connectivity index (χ1) is 8.24. The van der Waals surface area contributed by atoms with Gasteiger partial charge in [0.1, 0.15) is 0 Å². The molecule has 0 spiro atoms. The first kappa shape index (κ1) is 11.5. The molecule has 0 saturated heterocycles. The van der Waals surface area contributed by atoms with E-state index in [9.17, 15) is 0 Å². The monoisotopic (exact) mass is 278 g/mol. The molecule has 1 unspecified atom stereocenters. The molecule has 0 amide bonds. The van der Waals surface area contributed by atoms with Gasteiger partial charge in [-0.15, -0.1) is 11.6 Å². The minimum Gasteiger partial charge on any atom is -0.118 e. The highest BCUT2D eigenvalue weighted by molar-refractivity contribution is 8.05. The smallest absolute Gasteiger partial charge is 0.0557 e. The van der Waals surface area contributed by atoms with Crippen molar-refractivity contribution < 1.29 is 0 Å². The van der Waals surface area contributed by atoms with E-state index in [4.69, 9.17) is 11.6 Å². The van der Waals surface area contributed by atoms with E-state index >= 15 is 0 Å². The summed E-state index contributed by atoms with van der Waals surface area (Å²) in [4.78, 5) is 5.33. The maximum absolute atomic E-state index is 6.13. The van der Waals surface area contributed by atoms with Crippen LogP contribution in [0.4, 0.5) is 0 Å². The Morgan fingerprint density at radius 3 is 2.12 bits per heavy atom. The van der Waals surface area contributed by atoms with Gasteiger partial charge in [-0.3, -0.25) is 0 Å². The lowest BCUT2D eigenvalue weighted by Gasteiger charge is -2.19. The fourth-order valence-electron chi connectivity index (χ4n) is 1.79. The molecule has 3 heteroatoms. The second-order valence-electron chi connectivity index (χ2n) is 3.97. The highest BCUT2D eigenvalue weighted by Crippen LogP contribution is 2.48. The fourth-order valence-corrected chi connectivity index (χ4v) is 4.19. The predicted octanol–water partition coefficient (Wildman–Crippen LogP) is 5.60. The maximum atomic E-state index is 6.13. The minimum atomic E-state index is 0.0723. The number of rotatable bonds is 1. The fraction of sp³-hybridized carbons (Fsp3) is 0.143. The van der Waals surface area contributed by atoms with Crippen LogP contribution in [0.2, 0.25) is 0 Å². The first-order valence-corrected chi connectivity index (χ1v) is 7.54. The summed E-state index contributed by atoms with van der Waals surface area (Å²) >= 11 is 9.80. The third-order valence-electron chi connectivity index (χ3n) is 2.72. The molecule has 0 nitrogen and oxygen atoms in total. The molecule has 86 valence electrons. The zero-order valence-corrected chi connectivity index (χ0v) is 11.7. The van der Waals surface area contributed by atoms with E-state index in [1.54, 1.807) is 0 Å². The molecule has 0 radical (unpaired) electrons. The van der Waals surface area contributed by atoms with Crippen molar-refractivity contribution in [1.82, 2.24) is 0 Å². The van der Waals surface area contributed by atoms with Crippen LogP contribution in [0.1, 0.15) is 17.9 Å². The molecular weight excluding hydrogens is 268 g/mol. The number of hydrogen-bond donors (Lipinski definition) is 0. The van der Waals surface area contributed by atoms with Crippen molar-refractivity contribution in [3.05, 3.63) is 48.0 Å². The van der Waals surface area contributed by atoms with Gasteiger partial charge in [0.25, 0.3) is 0 Å². The van der Waals surface area contributed by atoms with Gasteiger partial charge in [-0.25, -0.2) is 0 Å². The van der Waals surface area contributed by atoms with Crippen LogP contribution >= 0.6 is 35.1 Å². The van der Waals surface area contributed by atoms with E-state index < -0.39 is 0 Å². The number of halogens is 1. The molecular formula is C14H11ClS2. The molecule has 0 fully saturated rings. The van der Waals surface area contributed by atoms with Crippen molar-refractivity contribution in [2.45, 2.75) is 31.9 Å². The van der Waals surface area contributed by atoms with Crippen molar-refractivity contribution in [3.8, 4) is 0 Å². The van der Waals surface area contributed by atoms with Gasteiger partial charge in [0.15, 0.2) is 0 Å². The number of hydrogen-bond acceptors (Lipinski definition) is 2. The molecule has 3 rings (SSSR count). The van der Waals surface area contributed by atoms with Crippen molar-refractivity contribution >= 4 is 35.1 Å². The van der Waals surface area contributed by atoms with Gasteiger partial charge in [-0.1, -0.05) is 41.7 Å². The van der Waals surface area contributed by atoms with Crippen molar-refractivity contribution in [2.24, 2.45) is 0 Å². The molecule has 0 saturated carbocycles. The van der Waals surface area contributed by atoms with E-state index in [1.807, 2.05) is 30.4 Å². The normalized spacial score (nSPS) is 14.9. The van der Waals surface area contributed by atoms with Crippen LogP contribution < -0.4 is 0 Å². The first-order valence-electron chi connectivity index (χ1n) is 5.47. The highest BCUT2D eigenvalue weighted by atomic mass is 35.5. The molecule has 1 heterocycles. The minimum absolute atomic E-state index is 0.0723. The summed E-state index contributed by atoms with van der Waals surface area (Å²) in [6.07, 6.45) is 0. The van der Waals surface area contributed by atoms with E-state index in [1.165, 1.54) is 25.1 Å². The molecule has 2 aromatic carbocycles. The zero-order chi connectivity index (χ0) is 11.8. The molecule has 2 aromatic rings. The Kier molecular flexibility index (Phi) is 3.12. The molecule has 0 N–H and O–H groups in total. The quantitative estimate of drug-likeness (QED) is 0.531. The highest BCUT2D eigenvalue weighted by Gasteiger charge is 2.17. The Hall–Kier alpha value is -0.570. The second kappa shape index (κ2) is 4.60. The van der Waals surface area contributed by atoms with Gasteiger partial charge < -0.3 is 0 Å². The van der Waals surface area contributed by atoms with Crippen LogP contribution in [0.15, 0.2) is 62.0 Å². The van der Waals surface area contributed by atoms with Gasteiger partial charge >= 0.3 is 0 Å². The predicted molar refractivity (Wildman–Crippen MR) is 75.4 cm³/mol. The molecule has 17 heavy (non-hydrogen) atoms. The summed E-state index contributed by atoms with van der Waals surface area (Å²) in [7, 11) is 0. The average molecular weight is 279 g/mol. The Bertz CT molecular complexity index is 564. The third-order valence-corrected chi connectivity index (χ3v) is 5.51. The molecule has 0 bridgehead atoms.